The van der Waals surface area contributed by atoms with Crippen LogP contribution >= 0.6 is 0 Å². The number of hydrogen-bond donors (Lipinski definition) is 3. The highest BCUT2D eigenvalue weighted by Crippen LogP contribution is 2.17. The number of nitrogens with two attached hydrogens (primary N) is 1. The van der Waals surface area contributed by atoms with Crippen LogP contribution in [-0.2, 0) is 19.6 Å². The van der Waals surface area contributed by atoms with E-state index in [9.17, 15) is 18.0 Å². The van der Waals surface area contributed by atoms with Crippen molar-refractivity contribution in [3.63, 3.8) is 0 Å². The van der Waals surface area contributed by atoms with Crippen molar-refractivity contribution in [3.8, 4) is 0 Å². The summed E-state index contributed by atoms with van der Waals surface area (Å²) in [4.78, 5) is 22.5. The molecule has 0 fully saturated rings. The molecule has 8 nitrogen and oxygen atoms in total. The lowest BCUT2D eigenvalue weighted by Gasteiger charge is -2.17. The van der Waals surface area contributed by atoms with E-state index in [-0.39, 0.29) is 30.4 Å². The molecule has 0 aromatic heterocycles. The minimum atomic E-state index is -3.78. The monoisotopic (exact) mass is 328 g/mol. The Labute approximate surface area is 129 Å². The predicted molar refractivity (Wildman–Crippen MR) is 82.6 cm³/mol. The molecule has 1 rings (SSSR count). The second-order valence-electron chi connectivity index (χ2n) is 4.61. The van der Waals surface area contributed by atoms with Gasteiger partial charge in [0.1, 0.15) is 0 Å². The summed E-state index contributed by atoms with van der Waals surface area (Å²) >= 11 is 0. The molecule has 0 spiro atoms. The van der Waals surface area contributed by atoms with Gasteiger partial charge in [-0.15, -0.1) is 0 Å². The molecule has 0 aliphatic rings. The van der Waals surface area contributed by atoms with E-state index >= 15 is 0 Å². The molecule has 0 saturated carbocycles. The van der Waals surface area contributed by atoms with Gasteiger partial charge < -0.3 is 16.4 Å². The SMILES string of the molecule is CC(=O)Nc1ccc(S(=O)(=O)N(C)CC(=O)NCCN)cc1. The Kier molecular flexibility index (Phi) is 6.47. The Hall–Kier alpha value is -1.97. The van der Waals surface area contributed by atoms with Crippen LogP contribution in [0.5, 0.6) is 0 Å². The van der Waals surface area contributed by atoms with Crippen molar-refractivity contribution in [3.05, 3.63) is 24.3 Å². The maximum Gasteiger partial charge on any atom is 0.243 e. The molecule has 2 amide bonds. The summed E-state index contributed by atoms with van der Waals surface area (Å²) in [7, 11) is -2.46. The van der Waals surface area contributed by atoms with Gasteiger partial charge in [0.25, 0.3) is 0 Å². The van der Waals surface area contributed by atoms with Gasteiger partial charge in [0.05, 0.1) is 11.4 Å². The normalized spacial score (nSPS) is 11.3. The fourth-order valence-corrected chi connectivity index (χ4v) is 2.78. The molecule has 4 N–H and O–H groups in total. The maximum absolute atomic E-state index is 12.3. The van der Waals surface area contributed by atoms with Crippen molar-refractivity contribution in [2.45, 2.75) is 11.8 Å². The number of carbonyl (C=O) groups excluding carboxylic acids is 2. The van der Waals surface area contributed by atoms with Crippen LogP contribution in [0.25, 0.3) is 0 Å². The first-order chi connectivity index (χ1) is 10.3. The number of carbonyl (C=O) groups is 2. The molecule has 0 saturated heterocycles. The van der Waals surface area contributed by atoms with Gasteiger partial charge in [0.2, 0.25) is 21.8 Å². The molecule has 122 valence electrons. The molecule has 0 unspecified atom stereocenters. The van der Waals surface area contributed by atoms with Crippen LogP contribution in [0.15, 0.2) is 29.2 Å². The van der Waals surface area contributed by atoms with Gasteiger partial charge in [-0.3, -0.25) is 9.59 Å². The number of likely N-dealkylation sites (N-methyl/N-ethyl adjacent to an activating group) is 1. The van der Waals surface area contributed by atoms with Crippen LogP contribution in [-0.4, -0.2) is 51.2 Å². The van der Waals surface area contributed by atoms with E-state index in [1.165, 1.54) is 38.2 Å². The zero-order chi connectivity index (χ0) is 16.8. The summed E-state index contributed by atoms with van der Waals surface area (Å²) < 4.78 is 25.6. The molecule has 0 heterocycles. The van der Waals surface area contributed by atoms with E-state index in [0.717, 1.165) is 4.31 Å². The Morgan fingerprint density at radius 2 is 1.82 bits per heavy atom. The Morgan fingerprint density at radius 1 is 1.23 bits per heavy atom. The standard InChI is InChI=1S/C13H20N4O4S/c1-10(18)16-11-3-5-12(6-4-11)22(20,21)17(2)9-13(19)15-8-7-14/h3-6H,7-9,14H2,1-2H3,(H,15,19)(H,16,18). The Balaban J connectivity index is 2.80. The van der Waals surface area contributed by atoms with E-state index in [4.69, 9.17) is 5.73 Å². The summed E-state index contributed by atoms with van der Waals surface area (Å²) in [6, 6.07) is 5.71. The van der Waals surface area contributed by atoms with Crippen molar-refractivity contribution in [1.29, 1.82) is 0 Å². The van der Waals surface area contributed by atoms with Gasteiger partial charge >= 0.3 is 0 Å². The van der Waals surface area contributed by atoms with Gasteiger partial charge in [-0.1, -0.05) is 0 Å². The van der Waals surface area contributed by atoms with Gasteiger partial charge in [0, 0.05) is 32.7 Å². The third-order valence-electron chi connectivity index (χ3n) is 2.72. The minimum Gasteiger partial charge on any atom is -0.354 e. The van der Waals surface area contributed by atoms with Crippen LogP contribution in [0.2, 0.25) is 0 Å². The summed E-state index contributed by atoms with van der Waals surface area (Å²) in [6.45, 7) is 1.64. The predicted octanol–water partition coefficient (Wildman–Crippen LogP) is -0.660. The zero-order valence-corrected chi connectivity index (χ0v) is 13.3. The smallest absolute Gasteiger partial charge is 0.243 e. The zero-order valence-electron chi connectivity index (χ0n) is 12.5. The number of anilines is 1. The largest absolute Gasteiger partial charge is 0.354 e. The van der Waals surface area contributed by atoms with E-state index in [1.54, 1.807) is 0 Å². The number of benzene rings is 1. The van der Waals surface area contributed by atoms with Crippen molar-refractivity contribution in [1.82, 2.24) is 9.62 Å². The van der Waals surface area contributed by atoms with Gasteiger partial charge in [-0.25, -0.2) is 8.42 Å². The van der Waals surface area contributed by atoms with Crippen LogP contribution < -0.4 is 16.4 Å². The number of amides is 2. The molecule has 0 radical (unpaired) electrons. The topological polar surface area (TPSA) is 122 Å². The number of rotatable bonds is 7. The minimum absolute atomic E-state index is 0.0377. The highest BCUT2D eigenvalue weighted by molar-refractivity contribution is 7.89. The molecule has 0 atom stereocenters. The highest BCUT2D eigenvalue weighted by atomic mass is 32.2. The third kappa shape index (κ3) is 5.10. The third-order valence-corrected chi connectivity index (χ3v) is 4.53. The summed E-state index contributed by atoms with van der Waals surface area (Å²) in [5.74, 6) is -0.671. The van der Waals surface area contributed by atoms with E-state index < -0.39 is 15.9 Å². The Bertz CT molecular complexity index is 628. The lowest BCUT2D eigenvalue weighted by Crippen LogP contribution is -2.39. The quantitative estimate of drug-likeness (QED) is 0.613. The first-order valence-electron chi connectivity index (χ1n) is 6.58. The lowest BCUT2D eigenvalue weighted by atomic mass is 10.3. The second-order valence-corrected chi connectivity index (χ2v) is 6.65. The number of sulfonamides is 1. The number of nitrogens with zero attached hydrogens (tertiary/aromatic N) is 1. The first kappa shape index (κ1) is 18.1. The Morgan fingerprint density at radius 3 is 2.32 bits per heavy atom. The molecular weight excluding hydrogens is 308 g/mol. The molecule has 1 aromatic rings. The molecular formula is C13H20N4O4S. The average molecular weight is 328 g/mol. The highest BCUT2D eigenvalue weighted by Gasteiger charge is 2.22. The van der Waals surface area contributed by atoms with Crippen LogP contribution in [0, 0.1) is 0 Å². The summed E-state index contributed by atoms with van der Waals surface area (Å²) in [6.07, 6.45) is 0. The summed E-state index contributed by atoms with van der Waals surface area (Å²) in [5, 5.41) is 5.04. The van der Waals surface area contributed by atoms with Gasteiger partial charge in [-0.05, 0) is 24.3 Å². The first-order valence-corrected chi connectivity index (χ1v) is 8.02. The van der Waals surface area contributed by atoms with Crippen molar-refractivity contribution in [2.24, 2.45) is 5.73 Å². The van der Waals surface area contributed by atoms with E-state index in [1.807, 2.05) is 0 Å². The van der Waals surface area contributed by atoms with Crippen LogP contribution in [0.1, 0.15) is 6.92 Å². The van der Waals surface area contributed by atoms with Gasteiger partial charge in [0.15, 0.2) is 0 Å². The molecule has 22 heavy (non-hydrogen) atoms. The fourth-order valence-electron chi connectivity index (χ4n) is 1.65. The number of hydrogen-bond acceptors (Lipinski definition) is 5. The average Bonchev–Trinajstić information content (AvgIpc) is 2.45. The number of nitrogens with one attached hydrogen (secondary N) is 2. The molecule has 1 aromatic carbocycles. The lowest BCUT2D eigenvalue weighted by molar-refractivity contribution is -0.121. The maximum atomic E-state index is 12.3. The van der Waals surface area contributed by atoms with Gasteiger partial charge in [-0.2, -0.15) is 4.31 Å². The summed E-state index contributed by atoms with van der Waals surface area (Å²) in [5.41, 5.74) is 5.75. The van der Waals surface area contributed by atoms with E-state index in [2.05, 4.69) is 10.6 Å². The van der Waals surface area contributed by atoms with Crippen LogP contribution in [0.4, 0.5) is 5.69 Å². The molecule has 0 aliphatic heterocycles. The van der Waals surface area contributed by atoms with Crippen molar-refractivity contribution in [2.75, 3.05) is 32.0 Å². The second kappa shape index (κ2) is 7.87. The van der Waals surface area contributed by atoms with Crippen molar-refractivity contribution < 1.29 is 18.0 Å². The molecule has 9 heteroatoms. The molecule has 0 bridgehead atoms. The van der Waals surface area contributed by atoms with E-state index in [0.29, 0.717) is 5.69 Å². The van der Waals surface area contributed by atoms with Crippen molar-refractivity contribution >= 4 is 27.5 Å². The molecule has 0 aliphatic carbocycles. The fraction of sp³-hybridized carbons (Fsp3) is 0.385. The van der Waals surface area contributed by atoms with Crippen LogP contribution in [0.3, 0.4) is 0 Å².